The molecule has 1 amide bonds. The molecule has 22 heavy (non-hydrogen) atoms. The predicted octanol–water partition coefficient (Wildman–Crippen LogP) is 3.95. The van der Waals surface area contributed by atoms with Gasteiger partial charge in [-0.2, -0.15) is 0 Å². The van der Waals surface area contributed by atoms with Crippen LogP contribution < -0.4 is 5.32 Å². The summed E-state index contributed by atoms with van der Waals surface area (Å²) in [5.41, 5.74) is 0.867. The van der Waals surface area contributed by atoms with Crippen LogP contribution in [-0.2, 0) is 16.1 Å². The van der Waals surface area contributed by atoms with Gasteiger partial charge in [0.25, 0.3) is 0 Å². The largest absolute Gasteiger partial charge is 0.481 e. The summed E-state index contributed by atoms with van der Waals surface area (Å²) in [7, 11) is 0. The Morgan fingerprint density at radius 1 is 1.32 bits per heavy atom. The molecule has 1 aromatic heterocycles. The van der Waals surface area contributed by atoms with Gasteiger partial charge < -0.3 is 15.2 Å². The number of nitrogens with one attached hydrogen (secondary N) is 1. The van der Waals surface area contributed by atoms with E-state index in [2.05, 4.69) is 21.2 Å². The number of hydrogen-bond donors (Lipinski definition) is 2. The Bertz CT molecular complexity index is 644. The van der Waals surface area contributed by atoms with Crippen molar-refractivity contribution in [1.82, 2.24) is 5.32 Å². The van der Waals surface area contributed by atoms with Crippen LogP contribution in [0, 0.1) is 0 Å². The SMILES string of the molecule is O=C(O)CC(NC(=O)OCc1ccccc1)c1cc(Br)cs1. The van der Waals surface area contributed by atoms with Crippen LogP contribution in [0.15, 0.2) is 46.3 Å². The van der Waals surface area contributed by atoms with Gasteiger partial charge in [0.1, 0.15) is 6.61 Å². The number of rotatable bonds is 6. The van der Waals surface area contributed by atoms with Gasteiger partial charge in [-0.3, -0.25) is 4.79 Å². The van der Waals surface area contributed by atoms with Crippen molar-refractivity contribution < 1.29 is 19.4 Å². The van der Waals surface area contributed by atoms with Crippen molar-refractivity contribution in [2.75, 3.05) is 0 Å². The van der Waals surface area contributed by atoms with Crippen molar-refractivity contribution in [1.29, 1.82) is 0 Å². The molecule has 1 atom stereocenters. The summed E-state index contributed by atoms with van der Waals surface area (Å²) in [4.78, 5) is 23.6. The van der Waals surface area contributed by atoms with Crippen LogP contribution in [0.3, 0.4) is 0 Å². The number of hydrogen-bond acceptors (Lipinski definition) is 4. The third-order valence-electron chi connectivity index (χ3n) is 2.81. The molecule has 0 radical (unpaired) electrons. The molecule has 5 nitrogen and oxygen atoms in total. The lowest BCUT2D eigenvalue weighted by atomic mass is 10.2. The lowest BCUT2D eigenvalue weighted by Crippen LogP contribution is -2.30. The lowest BCUT2D eigenvalue weighted by Gasteiger charge is -2.15. The molecule has 7 heteroatoms. The summed E-state index contributed by atoms with van der Waals surface area (Å²) >= 11 is 4.69. The van der Waals surface area contributed by atoms with Crippen molar-refractivity contribution in [3.63, 3.8) is 0 Å². The molecule has 1 unspecified atom stereocenters. The molecule has 2 N–H and O–H groups in total. The second-order valence-electron chi connectivity index (χ2n) is 4.52. The molecule has 2 rings (SSSR count). The zero-order valence-electron chi connectivity index (χ0n) is 11.5. The molecule has 0 fully saturated rings. The predicted molar refractivity (Wildman–Crippen MR) is 86.8 cm³/mol. The minimum Gasteiger partial charge on any atom is -0.481 e. The molecule has 116 valence electrons. The zero-order valence-corrected chi connectivity index (χ0v) is 13.9. The summed E-state index contributed by atoms with van der Waals surface area (Å²) in [5.74, 6) is -0.988. The summed E-state index contributed by atoms with van der Waals surface area (Å²) in [6.45, 7) is 0.139. The second-order valence-corrected chi connectivity index (χ2v) is 6.38. The first-order valence-electron chi connectivity index (χ1n) is 6.47. The third-order valence-corrected chi connectivity index (χ3v) is 4.62. The molecule has 0 bridgehead atoms. The summed E-state index contributed by atoms with van der Waals surface area (Å²) < 4.78 is 5.97. The number of benzene rings is 1. The number of carboxylic acids is 1. The zero-order chi connectivity index (χ0) is 15.9. The van der Waals surface area contributed by atoms with Gasteiger partial charge in [0.2, 0.25) is 0 Å². The van der Waals surface area contributed by atoms with E-state index in [9.17, 15) is 9.59 Å². The number of carboxylic acid groups (broad SMARTS) is 1. The van der Waals surface area contributed by atoms with E-state index in [1.165, 1.54) is 11.3 Å². The van der Waals surface area contributed by atoms with Crippen molar-refractivity contribution in [3.05, 3.63) is 56.7 Å². The van der Waals surface area contributed by atoms with Gasteiger partial charge in [0.15, 0.2) is 0 Å². The molecular weight excluding hydrogens is 370 g/mol. The number of ether oxygens (including phenoxy) is 1. The first kappa shape index (κ1) is 16.5. The fourth-order valence-electron chi connectivity index (χ4n) is 1.82. The lowest BCUT2D eigenvalue weighted by molar-refractivity contribution is -0.137. The standard InChI is InChI=1S/C15H14BrNO4S/c16-11-6-13(22-9-11)12(7-14(18)19)17-15(20)21-8-10-4-2-1-3-5-10/h1-6,9,12H,7-8H2,(H,17,20)(H,18,19). The van der Waals surface area contributed by atoms with E-state index in [1.54, 1.807) is 6.07 Å². The van der Waals surface area contributed by atoms with Crippen LogP contribution in [0.1, 0.15) is 22.9 Å². The van der Waals surface area contributed by atoms with Gasteiger partial charge >= 0.3 is 12.1 Å². The average molecular weight is 384 g/mol. The number of aliphatic carboxylic acids is 1. The molecule has 0 aliphatic carbocycles. The highest BCUT2D eigenvalue weighted by Crippen LogP contribution is 2.27. The normalized spacial score (nSPS) is 11.7. The Balaban J connectivity index is 1.94. The Labute approximate surface area is 140 Å². The molecule has 1 aromatic carbocycles. The van der Waals surface area contributed by atoms with E-state index >= 15 is 0 Å². The van der Waals surface area contributed by atoms with Gasteiger partial charge in [-0.1, -0.05) is 30.3 Å². The molecule has 0 saturated carbocycles. The van der Waals surface area contributed by atoms with Gasteiger partial charge in [0, 0.05) is 14.7 Å². The molecule has 0 aliphatic heterocycles. The maximum atomic E-state index is 11.9. The molecule has 1 heterocycles. The maximum absolute atomic E-state index is 11.9. The summed E-state index contributed by atoms with van der Waals surface area (Å²) in [6, 6.07) is 10.4. The van der Waals surface area contributed by atoms with E-state index in [0.717, 1.165) is 14.9 Å². The Hall–Kier alpha value is -1.86. The fourth-order valence-corrected chi connectivity index (χ4v) is 3.31. The summed E-state index contributed by atoms with van der Waals surface area (Å²) in [5, 5.41) is 13.4. The second kappa shape index (κ2) is 7.95. The number of alkyl carbamates (subject to hydrolysis) is 1. The highest BCUT2D eigenvalue weighted by atomic mass is 79.9. The van der Waals surface area contributed by atoms with Crippen LogP contribution in [0.4, 0.5) is 4.79 Å². The van der Waals surface area contributed by atoms with E-state index in [4.69, 9.17) is 9.84 Å². The van der Waals surface area contributed by atoms with Gasteiger partial charge in [-0.25, -0.2) is 4.79 Å². The molecule has 0 spiro atoms. The number of carbonyl (C=O) groups excluding carboxylic acids is 1. The number of amides is 1. The van der Waals surface area contributed by atoms with Crippen LogP contribution in [-0.4, -0.2) is 17.2 Å². The van der Waals surface area contributed by atoms with Crippen molar-refractivity contribution in [2.45, 2.75) is 19.1 Å². The van der Waals surface area contributed by atoms with Crippen LogP contribution in [0.5, 0.6) is 0 Å². The molecular formula is C15H14BrNO4S. The smallest absolute Gasteiger partial charge is 0.407 e. The van der Waals surface area contributed by atoms with E-state index < -0.39 is 18.1 Å². The van der Waals surface area contributed by atoms with E-state index in [0.29, 0.717) is 0 Å². The topological polar surface area (TPSA) is 75.6 Å². The molecule has 0 saturated heterocycles. The van der Waals surface area contributed by atoms with Gasteiger partial charge in [-0.15, -0.1) is 11.3 Å². The van der Waals surface area contributed by atoms with Crippen molar-refractivity contribution in [2.24, 2.45) is 0 Å². The van der Waals surface area contributed by atoms with Gasteiger partial charge in [-0.05, 0) is 27.6 Å². The van der Waals surface area contributed by atoms with Crippen LogP contribution in [0.2, 0.25) is 0 Å². The Morgan fingerprint density at radius 2 is 2.05 bits per heavy atom. The van der Waals surface area contributed by atoms with E-state index in [1.807, 2.05) is 35.7 Å². The Kier molecular flexibility index (Phi) is 5.97. The van der Waals surface area contributed by atoms with Crippen LogP contribution >= 0.6 is 27.3 Å². The number of carbonyl (C=O) groups is 2. The number of thiophene rings is 1. The van der Waals surface area contributed by atoms with E-state index in [-0.39, 0.29) is 13.0 Å². The summed E-state index contributed by atoms with van der Waals surface area (Å²) in [6.07, 6.45) is -0.840. The first-order chi connectivity index (χ1) is 10.5. The fraction of sp³-hybridized carbons (Fsp3) is 0.200. The minimum atomic E-state index is -0.988. The monoisotopic (exact) mass is 383 g/mol. The number of halogens is 1. The minimum absolute atomic E-state index is 0.139. The third kappa shape index (κ3) is 5.16. The highest BCUT2D eigenvalue weighted by molar-refractivity contribution is 9.10. The van der Waals surface area contributed by atoms with Gasteiger partial charge in [0.05, 0.1) is 12.5 Å². The maximum Gasteiger partial charge on any atom is 0.407 e. The molecule has 2 aromatic rings. The first-order valence-corrected chi connectivity index (χ1v) is 8.15. The van der Waals surface area contributed by atoms with Crippen LogP contribution in [0.25, 0.3) is 0 Å². The van der Waals surface area contributed by atoms with Crippen molar-refractivity contribution in [3.8, 4) is 0 Å². The van der Waals surface area contributed by atoms with Crippen molar-refractivity contribution >= 4 is 39.3 Å². The Morgan fingerprint density at radius 3 is 2.64 bits per heavy atom. The highest BCUT2D eigenvalue weighted by Gasteiger charge is 2.20. The quantitative estimate of drug-likeness (QED) is 0.791. The molecule has 0 aliphatic rings. The average Bonchev–Trinajstić information content (AvgIpc) is 2.92.